The monoisotopic (exact) mass is 423 g/mol. The first-order valence-corrected chi connectivity index (χ1v) is 9.20. The van der Waals surface area contributed by atoms with E-state index in [1.54, 1.807) is 42.5 Å². The molecular formula is C20H19Cl2NO5. The summed E-state index contributed by atoms with van der Waals surface area (Å²) in [6, 6.07) is 10.8. The number of halogens is 2. The molecule has 6 nitrogen and oxygen atoms in total. The Morgan fingerprint density at radius 2 is 1.75 bits per heavy atom. The second-order valence-electron chi connectivity index (χ2n) is 6.16. The van der Waals surface area contributed by atoms with E-state index in [4.69, 9.17) is 27.9 Å². The van der Waals surface area contributed by atoms with Gasteiger partial charge in [0.25, 0.3) is 0 Å². The van der Waals surface area contributed by atoms with Crippen molar-refractivity contribution < 1.29 is 24.2 Å². The number of carbonyl (C=O) groups excluding carboxylic acids is 2. The van der Waals surface area contributed by atoms with Crippen LogP contribution in [0.25, 0.3) is 0 Å². The van der Waals surface area contributed by atoms with Crippen molar-refractivity contribution in [3.8, 4) is 5.75 Å². The van der Waals surface area contributed by atoms with Gasteiger partial charge in [-0.1, -0.05) is 41.4 Å². The van der Waals surface area contributed by atoms with Crippen molar-refractivity contribution in [3.05, 3.63) is 63.6 Å². The van der Waals surface area contributed by atoms with Gasteiger partial charge in [0.1, 0.15) is 24.7 Å². The molecule has 0 radical (unpaired) electrons. The Bertz CT molecular complexity index is 834. The number of rotatable bonds is 9. The van der Waals surface area contributed by atoms with Crippen LogP contribution in [0.3, 0.4) is 0 Å². The van der Waals surface area contributed by atoms with Crippen LogP contribution >= 0.6 is 23.2 Å². The number of carboxylic acid groups (broad SMARTS) is 1. The van der Waals surface area contributed by atoms with Gasteiger partial charge in [0.05, 0.1) is 5.92 Å². The molecule has 0 aliphatic rings. The number of benzene rings is 2. The van der Waals surface area contributed by atoms with E-state index in [-0.39, 0.29) is 13.0 Å². The number of hydrogen-bond donors (Lipinski definition) is 2. The van der Waals surface area contributed by atoms with Crippen LogP contribution in [0.1, 0.15) is 18.1 Å². The molecule has 2 rings (SSSR count). The minimum atomic E-state index is -1.18. The predicted octanol–water partition coefficient (Wildman–Crippen LogP) is 3.52. The van der Waals surface area contributed by atoms with E-state index >= 15 is 0 Å². The van der Waals surface area contributed by atoms with Crippen molar-refractivity contribution in [3.63, 3.8) is 0 Å². The molecule has 0 fully saturated rings. The normalized spacial score (nSPS) is 12.7. The lowest BCUT2D eigenvalue weighted by molar-refractivity contribution is -0.142. The first kappa shape index (κ1) is 21.7. The SMILES string of the molecule is CC(C=O)C(=O)NC(Cc1ccc(OCc2c(Cl)cccc2Cl)cc1)C(=O)O. The van der Waals surface area contributed by atoms with Gasteiger partial charge in [-0.25, -0.2) is 4.79 Å². The van der Waals surface area contributed by atoms with Crippen molar-refractivity contribution >= 4 is 41.4 Å². The molecule has 0 bridgehead atoms. The molecule has 1 amide bonds. The van der Waals surface area contributed by atoms with E-state index in [1.165, 1.54) is 6.92 Å². The topological polar surface area (TPSA) is 92.7 Å². The van der Waals surface area contributed by atoms with Crippen LogP contribution in [0.5, 0.6) is 5.75 Å². The van der Waals surface area contributed by atoms with Crippen LogP contribution in [-0.2, 0) is 27.4 Å². The van der Waals surface area contributed by atoms with Crippen molar-refractivity contribution in [2.24, 2.45) is 5.92 Å². The van der Waals surface area contributed by atoms with Gasteiger partial charge in [-0.15, -0.1) is 0 Å². The molecule has 0 saturated heterocycles. The maximum atomic E-state index is 11.8. The smallest absolute Gasteiger partial charge is 0.326 e. The highest BCUT2D eigenvalue weighted by Crippen LogP contribution is 2.26. The quantitative estimate of drug-likeness (QED) is 0.475. The summed E-state index contributed by atoms with van der Waals surface area (Å²) in [5.41, 5.74) is 1.36. The maximum absolute atomic E-state index is 11.8. The molecule has 148 valence electrons. The number of ether oxygens (including phenoxy) is 1. The zero-order chi connectivity index (χ0) is 20.7. The largest absolute Gasteiger partial charge is 0.489 e. The van der Waals surface area contributed by atoms with Gasteiger partial charge in [-0.05, 0) is 36.8 Å². The van der Waals surface area contributed by atoms with Gasteiger partial charge in [-0.3, -0.25) is 4.79 Å². The van der Waals surface area contributed by atoms with Crippen molar-refractivity contribution in [2.45, 2.75) is 26.0 Å². The number of aldehydes is 1. The van der Waals surface area contributed by atoms with Crippen LogP contribution in [0.4, 0.5) is 0 Å². The number of hydrogen-bond acceptors (Lipinski definition) is 4. The number of amides is 1. The van der Waals surface area contributed by atoms with Gasteiger partial charge < -0.3 is 20.0 Å². The highest BCUT2D eigenvalue weighted by atomic mass is 35.5. The van der Waals surface area contributed by atoms with Gasteiger partial charge in [-0.2, -0.15) is 0 Å². The summed E-state index contributed by atoms with van der Waals surface area (Å²) in [4.78, 5) is 33.8. The van der Waals surface area contributed by atoms with Crippen LogP contribution in [0.2, 0.25) is 10.0 Å². The highest BCUT2D eigenvalue weighted by Gasteiger charge is 2.23. The summed E-state index contributed by atoms with van der Waals surface area (Å²) in [7, 11) is 0. The lowest BCUT2D eigenvalue weighted by Gasteiger charge is -2.16. The van der Waals surface area contributed by atoms with E-state index in [0.29, 0.717) is 33.2 Å². The van der Waals surface area contributed by atoms with E-state index in [1.807, 2.05) is 0 Å². The maximum Gasteiger partial charge on any atom is 0.326 e. The number of carboxylic acids is 1. The zero-order valence-electron chi connectivity index (χ0n) is 15.0. The summed E-state index contributed by atoms with van der Waals surface area (Å²) in [6.45, 7) is 1.59. The van der Waals surface area contributed by atoms with E-state index in [2.05, 4.69) is 5.32 Å². The molecule has 0 aliphatic heterocycles. The average Bonchev–Trinajstić information content (AvgIpc) is 2.67. The van der Waals surface area contributed by atoms with Gasteiger partial charge >= 0.3 is 5.97 Å². The lowest BCUT2D eigenvalue weighted by atomic mass is 10.0. The zero-order valence-corrected chi connectivity index (χ0v) is 16.5. The summed E-state index contributed by atoms with van der Waals surface area (Å²) in [5.74, 6) is -2.15. The van der Waals surface area contributed by atoms with Gasteiger partial charge in [0.2, 0.25) is 5.91 Å². The summed E-state index contributed by atoms with van der Waals surface area (Å²) < 4.78 is 5.68. The molecule has 0 aliphatic carbocycles. The fourth-order valence-electron chi connectivity index (χ4n) is 2.35. The summed E-state index contributed by atoms with van der Waals surface area (Å²) in [5, 5.41) is 12.7. The molecule has 0 spiro atoms. The third kappa shape index (κ3) is 5.97. The Morgan fingerprint density at radius 1 is 1.14 bits per heavy atom. The van der Waals surface area contributed by atoms with Crippen molar-refractivity contribution in [1.29, 1.82) is 0 Å². The molecule has 2 atom stereocenters. The Kier molecular flexibility index (Phi) is 7.84. The highest BCUT2D eigenvalue weighted by molar-refractivity contribution is 6.35. The molecule has 2 unspecified atom stereocenters. The van der Waals surface area contributed by atoms with Gasteiger partial charge in [0.15, 0.2) is 0 Å². The molecule has 8 heteroatoms. The minimum Gasteiger partial charge on any atom is -0.489 e. The van der Waals surface area contributed by atoms with Crippen molar-refractivity contribution in [1.82, 2.24) is 5.32 Å². The molecule has 0 saturated carbocycles. The summed E-state index contributed by atoms with van der Waals surface area (Å²) in [6.07, 6.45) is 0.537. The number of nitrogens with one attached hydrogen (secondary N) is 1. The van der Waals surface area contributed by atoms with Crippen molar-refractivity contribution in [2.75, 3.05) is 0 Å². The molecule has 2 aromatic rings. The standard InChI is InChI=1S/C20H19Cl2NO5/c1-12(10-24)19(25)23-18(20(26)27)9-13-5-7-14(8-6-13)28-11-15-16(21)3-2-4-17(15)22/h2-8,10,12,18H,9,11H2,1H3,(H,23,25)(H,26,27). The van der Waals surface area contributed by atoms with Gasteiger partial charge in [0, 0.05) is 22.0 Å². The fourth-order valence-corrected chi connectivity index (χ4v) is 2.85. The molecular weight excluding hydrogens is 405 g/mol. The van der Waals surface area contributed by atoms with Crippen LogP contribution in [-0.4, -0.2) is 29.3 Å². The predicted molar refractivity (Wildman–Crippen MR) is 106 cm³/mol. The minimum absolute atomic E-state index is 0.0727. The Labute approximate surface area is 172 Å². The Balaban J connectivity index is 1.99. The van der Waals surface area contributed by atoms with E-state index in [9.17, 15) is 19.5 Å². The fraction of sp³-hybridized carbons (Fsp3) is 0.250. The van der Waals surface area contributed by atoms with Crippen LogP contribution in [0.15, 0.2) is 42.5 Å². The van der Waals surface area contributed by atoms with Crippen LogP contribution in [0, 0.1) is 5.92 Å². The second kappa shape index (κ2) is 10.1. The number of aliphatic carboxylic acids is 1. The van der Waals surface area contributed by atoms with E-state index in [0.717, 1.165) is 0 Å². The first-order valence-electron chi connectivity index (χ1n) is 8.45. The molecule has 2 aromatic carbocycles. The third-order valence-electron chi connectivity index (χ3n) is 4.04. The average molecular weight is 424 g/mol. The Hall–Kier alpha value is -2.57. The lowest BCUT2D eigenvalue weighted by Crippen LogP contribution is -2.44. The first-order chi connectivity index (χ1) is 13.3. The molecule has 0 aromatic heterocycles. The van der Waals surface area contributed by atoms with Crippen LogP contribution < -0.4 is 10.1 Å². The Morgan fingerprint density at radius 3 is 2.29 bits per heavy atom. The van der Waals surface area contributed by atoms with E-state index < -0.39 is 23.8 Å². The molecule has 2 N–H and O–H groups in total. The second-order valence-corrected chi connectivity index (χ2v) is 6.98. The molecule has 0 heterocycles. The third-order valence-corrected chi connectivity index (χ3v) is 4.75. The summed E-state index contributed by atoms with van der Waals surface area (Å²) >= 11 is 12.2. The number of carbonyl (C=O) groups is 3. The molecule has 28 heavy (non-hydrogen) atoms.